The number of nitrogens with two attached hydrogens (primary N) is 1. The molecule has 0 bridgehead atoms. The van der Waals surface area contributed by atoms with E-state index < -0.39 is 0 Å². The number of nitrogens with zero attached hydrogens (tertiary/aromatic N) is 6. The smallest absolute Gasteiger partial charge is 0.165 e. The Kier molecular flexibility index (Phi) is 5.61. The van der Waals surface area contributed by atoms with E-state index in [0.717, 1.165) is 72.0 Å². The topological polar surface area (TPSA) is 114 Å². The third kappa shape index (κ3) is 4.02. The molecule has 1 aliphatic heterocycles. The minimum atomic E-state index is -0.158. The summed E-state index contributed by atoms with van der Waals surface area (Å²) in [5.41, 5.74) is 10.1. The molecule has 3 N–H and O–H groups in total. The molecule has 1 atom stereocenters. The monoisotopic (exact) mass is 531 g/mol. The molecule has 1 unspecified atom stereocenters. The predicted octanol–water partition coefficient (Wildman–Crippen LogP) is 4.62. The maximum atomic E-state index is 10.5. The molecule has 1 spiro atoms. The molecule has 0 amide bonds. The minimum Gasteiger partial charge on any atom is -0.393 e. The normalized spacial score (nSPS) is 19.5. The van der Waals surface area contributed by atoms with Crippen molar-refractivity contribution < 1.29 is 5.11 Å². The Labute approximate surface area is 211 Å². The van der Waals surface area contributed by atoms with Gasteiger partial charge >= 0.3 is 0 Å². The number of aromatic nitrogens is 5. The van der Waals surface area contributed by atoms with E-state index in [-0.39, 0.29) is 11.5 Å². The maximum Gasteiger partial charge on any atom is 0.165 e. The van der Waals surface area contributed by atoms with Crippen molar-refractivity contribution >= 4 is 38.6 Å². The van der Waals surface area contributed by atoms with E-state index >= 15 is 0 Å². The third-order valence-corrected chi connectivity index (χ3v) is 8.12. The molecule has 2 aliphatic rings. The Morgan fingerprint density at radius 1 is 1.00 bits per heavy atom. The first-order valence-corrected chi connectivity index (χ1v) is 12.8. The number of halogens is 1. The number of anilines is 2. The lowest BCUT2D eigenvalue weighted by molar-refractivity contribution is 0.0333. The van der Waals surface area contributed by atoms with Crippen molar-refractivity contribution in [2.45, 2.75) is 38.2 Å². The van der Waals surface area contributed by atoms with Gasteiger partial charge < -0.3 is 15.7 Å². The summed E-state index contributed by atoms with van der Waals surface area (Å²) in [6.07, 6.45) is 6.47. The highest BCUT2D eigenvalue weighted by Crippen LogP contribution is 2.46. The summed E-state index contributed by atoms with van der Waals surface area (Å²) in [4.78, 5) is 15.5. The van der Waals surface area contributed by atoms with Crippen molar-refractivity contribution in [1.82, 2.24) is 25.1 Å². The van der Waals surface area contributed by atoms with Crippen LogP contribution in [0.15, 0.2) is 53.3 Å². The van der Waals surface area contributed by atoms with Crippen LogP contribution in [0.25, 0.3) is 33.5 Å². The largest absolute Gasteiger partial charge is 0.393 e. The fourth-order valence-corrected chi connectivity index (χ4v) is 6.02. The second-order valence-corrected chi connectivity index (χ2v) is 10.5. The summed E-state index contributed by atoms with van der Waals surface area (Å²) >= 11 is 3.55. The summed E-state index contributed by atoms with van der Waals surface area (Å²) in [5, 5.41) is 20.2. The number of piperidine rings is 1. The van der Waals surface area contributed by atoms with Crippen molar-refractivity contribution in [2.24, 2.45) is 5.41 Å². The van der Waals surface area contributed by atoms with Crippen molar-refractivity contribution in [2.75, 3.05) is 23.7 Å². The highest BCUT2D eigenvalue weighted by atomic mass is 79.9. The number of pyridine rings is 1. The fourth-order valence-electron chi connectivity index (χ4n) is 5.62. The molecular weight excluding hydrogens is 506 g/mol. The Bertz CT molecular complexity index is 1390. The first kappa shape index (κ1) is 22.3. The highest BCUT2D eigenvalue weighted by molar-refractivity contribution is 9.10. The van der Waals surface area contributed by atoms with Crippen LogP contribution in [0.3, 0.4) is 0 Å². The predicted molar refractivity (Wildman–Crippen MR) is 140 cm³/mol. The molecule has 8 nitrogen and oxygen atoms in total. The van der Waals surface area contributed by atoms with Crippen LogP contribution < -0.4 is 10.6 Å². The number of hydrogen-bond donors (Lipinski definition) is 2. The zero-order chi connectivity index (χ0) is 24.0. The lowest BCUT2D eigenvalue weighted by atomic mass is 9.75. The zero-order valence-electron chi connectivity index (χ0n) is 19.2. The van der Waals surface area contributed by atoms with E-state index in [2.05, 4.69) is 41.0 Å². The SMILES string of the molecule is Nc1ncnc2nc(-c3ccc(N4CCC5(CCCC5O)CC4)nn3)cc(-c3cccc(Br)c3)c12. The number of aliphatic hydroxyl groups is 1. The van der Waals surface area contributed by atoms with E-state index in [1.165, 1.54) is 6.33 Å². The second-order valence-electron chi connectivity index (χ2n) is 9.56. The van der Waals surface area contributed by atoms with Gasteiger partial charge in [-0.3, -0.25) is 0 Å². The molecule has 1 saturated carbocycles. The maximum absolute atomic E-state index is 10.5. The van der Waals surface area contributed by atoms with Crippen molar-refractivity contribution in [3.05, 3.63) is 53.3 Å². The lowest BCUT2D eigenvalue weighted by Gasteiger charge is -2.41. The molecule has 35 heavy (non-hydrogen) atoms. The molecular formula is C26H26BrN7O. The van der Waals surface area contributed by atoms with E-state index in [1.54, 1.807) is 0 Å². The van der Waals surface area contributed by atoms with Gasteiger partial charge in [-0.2, -0.15) is 0 Å². The first-order chi connectivity index (χ1) is 17.0. The molecule has 9 heteroatoms. The number of nitrogen functional groups attached to an aromatic ring is 1. The van der Waals surface area contributed by atoms with Gasteiger partial charge in [-0.05, 0) is 72.6 Å². The van der Waals surface area contributed by atoms with Crippen LogP contribution in [0.2, 0.25) is 0 Å². The van der Waals surface area contributed by atoms with E-state index in [9.17, 15) is 5.11 Å². The Hall–Kier alpha value is -3.17. The number of fused-ring (bicyclic) bond motifs is 1. The summed E-state index contributed by atoms with van der Waals surface area (Å²) in [7, 11) is 0. The van der Waals surface area contributed by atoms with E-state index in [4.69, 9.17) is 10.7 Å². The molecule has 178 valence electrons. The van der Waals surface area contributed by atoms with Crippen molar-refractivity contribution in [1.29, 1.82) is 0 Å². The second kappa shape index (κ2) is 8.80. The number of aliphatic hydroxyl groups excluding tert-OH is 1. The molecule has 3 aromatic heterocycles. The summed E-state index contributed by atoms with van der Waals surface area (Å²) in [6.45, 7) is 1.78. The van der Waals surface area contributed by atoms with Crippen LogP contribution in [0.1, 0.15) is 32.1 Å². The zero-order valence-corrected chi connectivity index (χ0v) is 20.8. The van der Waals surface area contributed by atoms with Gasteiger partial charge in [0.15, 0.2) is 11.5 Å². The number of benzene rings is 1. The van der Waals surface area contributed by atoms with Crippen LogP contribution in [-0.4, -0.2) is 49.4 Å². The standard InChI is InChI=1S/C26H26BrN7O/c27-17-4-1-3-16(13-17)18-14-20(31-25-23(18)24(28)29-15-30-25)19-6-7-22(33-32-19)34-11-9-26(10-12-34)8-2-5-21(26)35/h1,3-4,6-7,13-15,21,35H,2,5,8-12H2,(H2,28,29,30,31). The summed E-state index contributed by atoms with van der Waals surface area (Å²) in [5.74, 6) is 1.25. The van der Waals surface area contributed by atoms with Gasteiger partial charge in [0.2, 0.25) is 0 Å². The number of rotatable bonds is 3. The van der Waals surface area contributed by atoms with Crippen molar-refractivity contribution in [3.63, 3.8) is 0 Å². The fraction of sp³-hybridized carbons (Fsp3) is 0.346. The summed E-state index contributed by atoms with van der Waals surface area (Å²) < 4.78 is 0.967. The van der Waals surface area contributed by atoms with Crippen LogP contribution in [0.5, 0.6) is 0 Å². The molecule has 4 heterocycles. The van der Waals surface area contributed by atoms with Crippen LogP contribution >= 0.6 is 15.9 Å². The quantitative estimate of drug-likeness (QED) is 0.393. The van der Waals surface area contributed by atoms with Gasteiger partial charge in [0.1, 0.15) is 17.8 Å². The number of hydrogen-bond acceptors (Lipinski definition) is 8. The van der Waals surface area contributed by atoms with E-state index in [1.807, 2.05) is 42.5 Å². The first-order valence-electron chi connectivity index (χ1n) is 12.0. The Morgan fingerprint density at radius 2 is 1.86 bits per heavy atom. The Morgan fingerprint density at radius 3 is 2.57 bits per heavy atom. The van der Waals surface area contributed by atoms with Crippen LogP contribution in [0, 0.1) is 5.41 Å². The molecule has 0 radical (unpaired) electrons. The highest BCUT2D eigenvalue weighted by Gasteiger charge is 2.44. The minimum absolute atomic E-state index is 0.103. The average Bonchev–Trinajstić information content (AvgIpc) is 3.23. The van der Waals surface area contributed by atoms with Gasteiger partial charge in [0.05, 0.1) is 17.2 Å². The molecule has 2 fully saturated rings. The van der Waals surface area contributed by atoms with Gasteiger partial charge in [-0.1, -0.05) is 34.5 Å². The molecule has 4 aromatic rings. The lowest BCUT2D eigenvalue weighted by Crippen LogP contribution is -2.44. The molecule has 1 aliphatic carbocycles. The van der Waals surface area contributed by atoms with Gasteiger partial charge in [-0.15, -0.1) is 10.2 Å². The van der Waals surface area contributed by atoms with Crippen LogP contribution in [-0.2, 0) is 0 Å². The molecule has 1 aromatic carbocycles. The Balaban J connectivity index is 1.32. The van der Waals surface area contributed by atoms with Gasteiger partial charge in [0, 0.05) is 17.6 Å². The van der Waals surface area contributed by atoms with Gasteiger partial charge in [-0.25, -0.2) is 15.0 Å². The van der Waals surface area contributed by atoms with Crippen LogP contribution in [0.4, 0.5) is 11.6 Å². The molecule has 6 rings (SSSR count). The third-order valence-electron chi connectivity index (χ3n) is 7.62. The summed E-state index contributed by atoms with van der Waals surface area (Å²) in [6, 6.07) is 13.9. The van der Waals surface area contributed by atoms with E-state index in [0.29, 0.717) is 22.9 Å². The van der Waals surface area contributed by atoms with Gasteiger partial charge in [0.25, 0.3) is 0 Å². The average molecular weight is 532 g/mol. The van der Waals surface area contributed by atoms with Crippen molar-refractivity contribution in [3.8, 4) is 22.5 Å². The molecule has 1 saturated heterocycles.